The molecule has 0 unspecified atom stereocenters. The summed E-state index contributed by atoms with van der Waals surface area (Å²) >= 11 is 0. The Hall–Kier alpha value is -0.980. The van der Waals surface area contributed by atoms with Gasteiger partial charge in [0.25, 0.3) is 0 Å². The molecule has 0 fully saturated rings. The van der Waals surface area contributed by atoms with Crippen LogP contribution in [0.15, 0.2) is 16.1 Å². The van der Waals surface area contributed by atoms with Gasteiger partial charge in [-0.25, -0.2) is 0 Å². The van der Waals surface area contributed by atoms with E-state index in [1.54, 1.807) is 0 Å². The molecule has 1 nitrogen and oxygen atoms in total. The smallest absolute Gasteiger partial charge is 0.115 e. The van der Waals surface area contributed by atoms with Crippen LogP contribution in [-0.2, 0) is 6.42 Å². The van der Waals surface area contributed by atoms with E-state index in [0.717, 1.165) is 17.9 Å². The highest BCUT2D eigenvalue weighted by Gasteiger charge is 2.13. The summed E-state index contributed by atoms with van der Waals surface area (Å²) in [5, 5.41) is 0. The first kappa shape index (κ1) is 5.78. The molecule has 1 heteroatoms. The van der Waals surface area contributed by atoms with E-state index in [1.165, 1.54) is 11.1 Å². The van der Waals surface area contributed by atoms with Gasteiger partial charge in [0.15, 0.2) is 0 Å². The second-order valence-electron chi connectivity index (χ2n) is 2.90. The standard InChI is InChI=1S/C9H10O/c1-6-3-8-5-7(2)10-9(8)4-6/h3,5H,4H2,1-2H3. The van der Waals surface area contributed by atoms with Gasteiger partial charge in [-0.15, -0.1) is 0 Å². The van der Waals surface area contributed by atoms with Gasteiger partial charge in [0.1, 0.15) is 11.5 Å². The average Bonchev–Trinajstić information content (AvgIpc) is 2.21. The van der Waals surface area contributed by atoms with Crippen molar-refractivity contribution in [2.75, 3.05) is 0 Å². The first-order valence-electron chi connectivity index (χ1n) is 3.52. The maximum Gasteiger partial charge on any atom is 0.115 e. The average molecular weight is 134 g/mol. The predicted molar refractivity (Wildman–Crippen MR) is 40.8 cm³/mol. The Morgan fingerprint density at radius 3 is 2.90 bits per heavy atom. The Balaban J connectivity index is 2.53. The fourth-order valence-corrected chi connectivity index (χ4v) is 1.41. The van der Waals surface area contributed by atoms with Gasteiger partial charge in [-0.1, -0.05) is 11.6 Å². The third-order valence-electron chi connectivity index (χ3n) is 1.81. The molecular weight excluding hydrogens is 124 g/mol. The molecule has 0 radical (unpaired) electrons. The molecule has 10 heavy (non-hydrogen) atoms. The maximum atomic E-state index is 5.44. The molecule has 1 aromatic rings. The van der Waals surface area contributed by atoms with Crippen LogP contribution < -0.4 is 0 Å². The molecule has 52 valence electrons. The van der Waals surface area contributed by atoms with Crippen LogP contribution in [0.4, 0.5) is 0 Å². The fourth-order valence-electron chi connectivity index (χ4n) is 1.41. The summed E-state index contributed by atoms with van der Waals surface area (Å²) in [6.45, 7) is 4.12. The zero-order valence-corrected chi connectivity index (χ0v) is 6.27. The molecule has 0 saturated carbocycles. The summed E-state index contributed by atoms with van der Waals surface area (Å²) in [6, 6.07) is 2.09. The number of hydrogen-bond donors (Lipinski definition) is 0. The van der Waals surface area contributed by atoms with E-state index in [-0.39, 0.29) is 0 Å². The molecule has 2 rings (SSSR count). The third-order valence-corrected chi connectivity index (χ3v) is 1.81. The van der Waals surface area contributed by atoms with Crippen LogP contribution in [0.3, 0.4) is 0 Å². The van der Waals surface area contributed by atoms with Gasteiger partial charge in [-0.05, 0) is 19.9 Å². The van der Waals surface area contributed by atoms with Crippen molar-refractivity contribution in [2.24, 2.45) is 0 Å². The number of fused-ring (bicyclic) bond motifs is 1. The first-order valence-corrected chi connectivity index (χ1v) is 3.52. The summed E-state index contributed by atoms with van der Waals surface area (Å²) in [5.74, 6) is 2.16. The van der Waals surface area contributed by atoms with E-state index in [2.05, 4.69) is 19.1 Å². The molecule has 0 saturated heterocycles. The highest BCUT2D eigenvalue weighted by atomic mass is 16.3. The van der Waals surface area contributed by atoms with Crippen molar-refractivity contribution in [1.82, 2.24) is 0 Å². The number of aryl methyl sites for hydroxylation is 1. The Morgan fingerprint density at radius 2 is 2.20 bits per heavy atom. The normalized spacial score (nSPS) is 15.2. The number of hydrogen-bond acceptors (Lipinski definition) is 1. The highest BCUT2D eigenvalue weighted by molar-refractivity contribution is 5.61. The third kappa shape index (κ3) is 0.703. The van der Waals surface area contributed by atoms with Crippen molar-refractivity contribution in [3.05, 3.63) is 28.7 Å². The molecule has 0 aromatic carbocycles. The summed E-state index contributed by atoms with van der Waals surface area (Å²) < 4.78 is 5.44. The Kier molecular flexibility index (Phi) is 1.01. The SMILES string of the molecule is CC1=Cc2cc(C)oc2C1. The predicted octanol–water partition coefficient (Wildman–Crippen LogP) is 2.55. The van der Waals surface area contributed by atoms with Crippen molar-refractivity contribution >= 4 is 6.08 Å². The molecular formula is C9H10O. The van der Waals surface area contributed by atoms with Gasteiger partial charge in [0, 0.05) is 12.0 Å². The van der Waals surface area contributed by atoms with Crippen LogP contribution in [0.5, 0.6) is 0 Å². The number of allylic oxidation sites excluding steroid dienone is 1. The minimum atomic E-state index is 1.00. The van der Waals surface area contributed by atoms with Crippen molar-refractivity contribution in [2.45, 2.75) is 20.3 Å². The second-order valence-corrected chi connectivity index (χ2v) is 2.90. The summed E-state index contributed by atoms with van der Waals surface area (Å²) in [7, 11) is 0. The molecule has 1 aromatic heterocycles. The number of rotatable bonds is 0. The lowest BCUT2D eigenvalue weighted by molar-refractivity contribution is 0.494. The topological polar surface area (TPSA) is 13.1 Å². The monoisotopic (exact) mass is 134 g/mol. The zero-order chi connectivity index (χ0) is 7.14. The van der Waals surface area contributed by atoms with Crippen LogP contribution in [0, 0.1) is 6.92 Å². The van der Waals surface area contributed by atoms with Crippen molar-refractivity contribution < 1.29 is 4.42 Å². The van der Waals surface area contributed by atoms with Gasteiger partial charge >= 0.3 is 0 Å². The van der Waals surface area contributed by atoms with Gasteiger partial charge in [-0.2, -0.15) is 0 Å². The Labute approximate surface area is 60.4 Å². The molecule has 1 aliphatic rings. The van der Waals surface area contributed by atoms with Gasteiger partial charge in [0.05, 0.1) is 0 Å². The van der Waals surface area contributed by atoms with Crippen LogP contribution in [-0.4, -0.2) is 0 Å². The molecule has 1 heterocycles. The lowest BCUT2D eigenvalue weighted by Gasteiger charge is -1.87. The van der Waals surface area contributed by atoms with Crippen LogP contribution in [0.25, 0.3) is 6.08 Å². The first-order chi connectivity index (χ1) is 4.75. The van der Waals surface area contributed by atoms with Crippen molar-refractivity contribution in [3.63, 3.8) is 0 Å². The van der Waals surface area contributed by atoms with E-state index < -0.39 is 0 Å². The molecule has 0 N–H and O–H groups in total. The maximum absolute atomic E-state index is 5.44. The van der Waals surface area contributed by atoms with Crippen LogP contribution >= 0.6 is 0 Å². The van der Waals surface area contributed by atoms with Crippen molar-refractivity contribution in [1.29, 1.82) is 0 Å². The van der Waals surface area contributed by atoms with Crippen molar-refractivity contribution in [3.8, 4) is 0 Å². The minimum Gasteiger partial charge on any atom is -0.465 e. The fraction of sp³-hybridized carbons (Fsp3) is 0.333. The molecule has 0 spiro atoms. The molecule has 0 atom stereocenters. The van der Waals surface area contributed by atoms with E-state index in [9.17, 15) is 0 Å². The molecule has 0 aliphatic heterocycles. The molecule has 0 amide bonds. The lowest BCUT2D eigenvalue weighted by Crippen LogP contribution is -1.74. The summed E-state index contributed by atoms with van der Waals surface area (Å²) in [5.41, 5.74) is 2.67. The van der Waals surface area contributed by atoms with Crippen LogP contribution in [0.2, 0.25) is 0 Å². The Bertz CT molecular complexity index is 292. The summed E-state index contributed by atoms with van der Waals surface area (Å²) in [6.07, 6.45) is 3.19. The summed E-state index contributed by atoms with van der Waals surface area (Å²) in [4.78, 5) is 0. The van der Waals surface area contributed by atoms with Gasteiger partial charge < -0.3 is 4.42 Å². The second kappa shape index (κ2) is 1.75. The Morgan fingerprint density at radius 1 is 1.40 bits per heavy atom. The molecule has 0 bridgehead atoms. The minimum absolute atomic E-state index is 1.00. The van der Waals surface area contributed by atoms with Gasteiger partial charge in [-0.3, -0.25) is 0 Å². The zero-order valence-electron chi connectivity index (χ0n) is 6.27. The van der Waals surface area contributed by atoms with Crippen LogP contribution in [0.1, 0.15) is 24.0 Å². The lowest BCUT2D eigenvalue weighted by atomic mass is 10.3. The van der Waals surface area contributed by atoms with E-state index >= 15 is 0 Å². The van der Waals surface area contributed by atoms with E-state index in [1.807, 2.05) is 6.92 Å². The molecule has 1 aliphatic carbocycles. The van der Waals surface area contributed by atoms with E-state index in [0.29, 0.717) is 0 Å². The van der Waals surface area contributed by atoms with E-state index in [4.69, 9.17) is 4.42 Å². The quantitative estimate of drug-likeness (QED) is 0.531. The number of furan rings is 1. The van der Waals surface area contributed by atoms with Gasteiger partial charge in [0.2, 0.25) is 0 Å². The largest absolute Gasteiger partial charge is 0.465 e. The highest BCUT2D eigenvalue weighted by Crippen LogP contribution is 2.26.